The number of H-pyrrole nitrogens is 1. The Labute approximate surface area is 174 Å². The summed E-state index contributed by atoms with van der Waals surface area (Å²) in [6.07, 6.45) is 2.60. The topological polar surface area (TPSA) is 121 Å². The molecule has 0 unspecified atom stereocenters. The standard InChI is InChI=1S/C20H23N5O4S/c1-14-6-5-7-17-20(14)23-19(22-17)13-21-16-9-8-15(12-18(16)25(26)27)30(28,29)24-10-3-2-4-11-24/h5-9,12,21H,2-4,10-11,13H2,1H3,(H,22,23). The zero-order chi connectivity index (χ0) is 21.3. The Hall–Kier alpha value is -2.98. The minimum absolute atomic E-state index is 0.0546. The molecule has 0 atom stereocenters. The number of imidazole rings is 1. The average molecular weight is 430 g/mol. The quantitative estimate of drug-likeness (QED) is 0.456. The molecule has 2 N–H and O–H groups in total. The fourth-order valence-corrected chi connectivity index (χ4v) is 5.25. The molecule has 1 aliphatic heterocycles. The van der Waals surface area contributed by atoms with Crippen LogP contribution in [0.4, 0.5) is 11.4 Å². The maximum absolute atomic E-state index is 12.9. The molecule has 9 nitrogen and oxygen atoms in total. The molecule has 0 bridgehead atoms. The number of rotatable bonds is 6. The molecule has 1 saturated heterocycles. The minimum Gasteiger partial charge on any atom is -0.372 e. The third-order valence-electron chi connectivity index (χ3n) is 5.33. The van der Waals surface area contributed by atoms with E-state index in [1.54, 1.807) is 0 Å². The van der Waals surface area contributed by atoms with Gasteiger partial charge in [0.15, 0.2) is 0 Å². The van der Waals surface area contributed by atoms with E-state index in [9.17, 15) is 18.5 Å². The summed E-state index contributed by atoms with van der Waals surface area (Å²) < 4.78 is 27.1. The average Bonchev–Trinajstić information content (AvgIpc) is 3.17. The monoisotopic (exact) mass is 429 g/mol. The summed E-state index contributed by atoms with van der Waals surface area (Å²) in [5.41, 5.74) is 2.75. The first-order valence-corrected chi connectivity index (χ1v) is 11.3. The van der Waals surface area contributed by atoms with Crippen LogP contribution in [0.15, 0.2) is 41.3 Å². The molecule has 4 rings (SSSR count). The van der Waals surface area contributed by atoms with Gasteiger partial charge < -0.3 is 10.3 Å². The summed E-state index contributed by atoms with van der Waals surface area (Å²) in [6.45, 7) is 3.10. The number of aromatic nitrogens is 2. The number of sulfonamides is 1. The number of para-hydroxylation sites is 1. The van der Waals surface area contributed by atoms with Crippen molar-refractivity contribution in [1.29, 1.82) is 0 Å². The third kappa shape index (κ3) is 3.88. The van der Waals surface area contributed by atoms with E-state index in [1.165, 1.54) is 16.4 Å². The van der Waals surface area contributed by atoms with Crippen LogP contribution >= 0.6 is 0 Å². The molecule has 158 valence electrons. The highest BCUT2D eigenvalue weighted by Crippen LogP contribution is 2.30. The molecule has 0 spiro atoms. The van der Waals surface area contributed by atoms with Gasteiger partial charge in [-0.05, 0) is 43.5 Å². The number of benzene rings is 2. The number of nitro benzene ring substituents is 1. The van der Waals surface area contributed by atoms with Crippen LogP contribution in [0.2, 0.25) is 0 Å². The molecule has 0 saturated carbocycles. The molecule has 1 aliphatic rings. The number of nitro groups is 1. The van der Waals surface area contributed by atoms with Gasteiger partial charge in [0, 0.05) is 19.2 Å². The lowest BCUT2D eigenvalue weighted by molar-refractivity contribution is -0.384. The number of anilines is 1. The van der Waals surface area contributed by atoms with E-state index in [4.69, 9.17) is 0 Å². The van der Waals surface area contributed by atoms with Crippen molar-refractivity contribution in [3.63, 3.8) is 0 Å². The van der Waals surface area contributed by atoms with E-state index in [2.05, 4.69) is 15.3 Å². The van der Waals surface area contributed by atoms with Crippen molar-refractivity contribution in [2.45, 2.75) is 37.6 Å². The van der Waals surface area contributed by atoms with Crippen LogP contribution in [0.25, 0.3) is 11.0 Å². The second-order valence-electron chi connectivity index (χ2n) is 7.41. The number of aromatic amines is 1. The van der Waals surface area contributed by atoms with Crippen LogP contribution < -0.4 is 5.32 Å². The summed E-state index contributed by atoms with van der Waals surface area (Å²) >= 11 is 0. The van der Waals surface area contributed by atoms with Crippen LogP contribution in [0.1, 0.15) is 30.7 Å². The fourth-order valence-electron chi connectivity index (χ4n) is 3.72. The Morgan fingerprint density at radius 2 is 1.97 bits per heavy atom. The van der Waals surface area contributed by atoms with Crippen LogP contribution in [-0.4, -0.2) is 40.7 Å². The van der Waals surface area contributed by atoms with Gasteiger partial charge in [0.05, 0.1) is 27.4 Å². The molecule has 2 heterocycles. The molecule has 30 heavy (non-hydrogen) atoms. The lowest BCUT2D eigenvalue weighted by atomic mass is 10.2. The summed E-state index contributed by atoms with van der Waals surface area (Å²) in [5, 5.41) is 14.6. The molecule has 2 aromatic carbocycles. The molecule has 1 aromatic heterocycles. The normalized spacial score (nSPS) is 15.4. The molecular weight excluding hydrogens is 406 g/mol. The van der Waals surface area contributed by atoms with Gasteiger partial charge >= 0.3 is 0 Å². The van der Waals surface area contributed by atoms with Gasteiger partial charge in [-0.2, -0.15) is 4.31 Å². The van der Waals surface area contributed by atoms with Crippen LogP contribution in [-0.2, 0) is 16.6 Å². The van der Waals surface area contributed by atoms with E-state index in [0.29, 0.717) is 18.9 Å². The highest BCUT2D eigenvalue weighted by atomic mass is 32.2. The van der Waals surface area contributed by atoms with E-state index in [-0.39, 0.29) is 22.8 Å². The minimum atomic E-state index is -3.74. The van der Waals surface area contributed by atoms with E-state index in [0.717, 1.165) is 41.9 Å². The summed E-state index contributed by atoms with van der Waals surface area (Å²) in [7, 11) is -3.74. The maximum atomic E-state index is 12.9. The first-order chi connectivity index (χ1) is 14.4. The number of nitrogens with zero attached hydrogens (tertiary/aromatic N) is 3. The van der Waals surface area contributed by atoms with Crippen molar-refractivity contribution in [3.8, 4) is 0 Å². The third-order valence-corrected chi connectivity index (χ3v) is 7.22. The lowest BCUT2D eigenvalue weighted by Crippen LogP contribution is -2.35. The number of piperidine rings is 1. The van der Waals surface area contributed by atoms with Crippen molar-refractivity contribution < 1.29 is 13.3 Å². The maximum Gasteiger partial charge on any atom is 0.293 e. The Morgan fingerprint density at radius 1 is 1.20 bits per heavy atom. The Bertz CT molecular complexity index is 1200. The molecule has 0 radical (unpaired) electrons. The number of hydrogen-bond donors (Lipinski definition) is 2. The second-order valence-corrected chi connectivity index (χ2v) is 9.35. The molecule has 10 heteroatoms. The molecule has 1 fully saturated rings. The zero-order valence-corrected chi connectivity index (χ0v) is 17.4. The number of aryl methyl sites for hydroxylation is 1. The summed E-state index contributed by atoms with van der Waals surface area (Å²) in [5.74, 6) is 0.638. The predicted molar refractivity (Wildman–Crippen MR) is 114 cm³/mol. The molecule has 0 aliphatic carbocycles. The first-order valence-electron chi connectivity index (χ1n) is 9.83. The highest BCUT2D eigenvalue weighted by molar-refractivity contribution is 7.89. The van der Waals surface area contributed by atoms with Crippen LogP contribution in [0.5, 0.6) is 0 Å². The molecular formula is C20H23N5O4S. The van der Waals surface area contributed by atoms with Crippen molar-refractivity contribution in [2.24, 2.45) is 0 Å². The number of fused-ring (bicyclic) bond motifs is 1. The van der Waals surface area contributed by atoms with Crippen LogP contribution in [0, 0.1) is 17.0 Å². The van der Waals surface area contributed by atoms with Gasteiger partial charge in [0.1, 0.15) is 11.5 Å². The Balaban J connectivity index is 1.58. The largest absolute Gasteiger partial charge is 0.372 e. The molecule has 3 aromatic rings. The zero-order valence-electron chi connectivity index (χ0n) is 16.6. The van der Waals surface area contributed by atoms with Crippen molar-refractivity contribution in [2.75, 3.05) is 18.4 Å². The van der Waals surface area contributed by atoms with Gasteiger partial charge in [-0.25, -0.2) is 13.4 Å². The second kappa shape index (κ2) is 8.04. The van der Waals surface area contributed by atoms with Crippen molar-refractivity contribution in [1.82, 2.24) is 14.3 Å². The van der Waals surface area contributed by atoms with Crippen molar-refractivity contribution in [3.05, 3.63) is 57.9 Å². The fraction of sp³-hybridized carbons (Fsp3) is 0.350. The Morgan fingerprint density at radius 3 is 2.67 bits per heavy atom. The van der Waals surface area contributed by atoms with Crippen molar-refractivity contribution >= 4 is 32.4 Å². The smallest absolute Gasteiger partial charge is 0.293 e. The van der Waals surface area contributed by atoms with E-state index in [1.807, 2.05) is 25.1 Å². The van der Waals surface area contributed by atoms with Gasteiger partial charge in [-0.1, -0.05) is 18.6 Å². The van der Waals surface area contributed by atoms with Gasteiger partial charge in [0.25, 0.3) is 5.69 Å². The first kappa shape index (κ1) is 20.3. The van der Waals surface area contributed by atoms with E-state index < -0.39 is 14.9 Å². The highest BCUT2D eigenvalue weighted by Gasteiger charge is 2.28. The van der Waals surface area contributed by atoms with Gasteiger partial charge in [0.2, 0.25) is 10.0 Å². The number of hydrogen-bond acceptors (Lipinski definition) is 6. The van der Waals surface area contributed by atoms with Gasteiger partial charge in [-0.15, -0.1) is 0 Å². The molecule has 0 amide bonds. The Kier molecular flexibility index (Phi) is 5.44. The SMILES string of the molecule is Cc1cccc2[nH]c(CNc3ccc(S(=O)(=O)N4CCCCC4)cc3[N+](=O)[O-])nc12. The van der Waals surface area contributed by atoms with E-state index >= 15 is 0 Å². The summed E-state index contributed by atoms with van der Waals surface area (Å²) in [6, 6.07) is 9.81. The summed E-state index contributed by atoms with van der Waals surface area (Å²) in [4.78, 5) is 18.7. The van der Waals surface area contributed by atoms with Gasteiger partial charge in [-0.3, -0.25) is 10.1 Å². The lowest BCUT2D eigenvalue weighted by Gasteiger charge is -2.25. The predicted octanol–water partition coefficient (Wildman–Crippen LogP) is 3.57. The van der Waals surface area contributed by atoms with Crippen LogP contribution in [0.3, 0.4) is 0 Å². The number of nitrogens with one attached hydrogen (secondary N) is 2.